The van der Waals surface area contributed by atoms with Crippen LogP contribution in [-0.4, -0.2) is 10.3 Å². The highest BCUT2D eigenvalue weighted by Crippen LogP contribution is 2.66. The van der Waals surface area contributed by atoms with Gasteiger partial charge in [0, 0.05) is 5.75 Å². The molecule has 0 radical (unpaired) electrons. The summed E-state index contributed by atoms with van der Waals surface area (Å²) in [6.45, 7) is 4.29. The first kappa shape index (κ1) is 22.5. The van der Waals surface area contributed by atoms with E-state index < -0.39 is 12.4 Å². The number of benzene rings is 4. The molecular weight excluding hydrogens is 427 g/mol. The summed E-state index contributed by atoms with van der Waals surface area (Å²) in [6.07, 6.45) is 0. The molecule has 0 fully saturated rings. The molecule has 0 aliphatic rings. The summed E-state index contributed by atoms with van der Waals surface area (Å²) >= 11 is 1.44. The quantitative estimate of drug-likeness (QED) is 0.308. The van der Waals surface area contributed by atoms with Crippen LogP contribution in [0.15, 0.2) is 121 Å². The molecule has 0 amide bonds. The van der Waals surface area contributed by atoms with E-state index in [4.69, 9.17) is 0 Å². The number of hydrogen-bond donors (Lipinski definition) is 0. The minimum atomic E-state index is -2.30. The van der Waals surface area contributed by atoms with Gasteiger partial charge in [-0.2, -0.15) is 0 Å². The van der Waals surface area contributed by atoms with Crippen molar-refractivity contribution < 1.29 is 4.79 Å². The van der Waals surface area contributed by atoms with Gasteiger partial charge in [0.2, 0.25) is 5.12 Å². The molecule has 0 bridgehead atoms. The molecule has 4 aromatic rings. The van der Waals surface area contributed by atoms with Crippen LogP contribution in [0, 0.1) is 0 Å². The highest BCUT2D eigenvalue weighted by Gasteiger charge is 2.61. The molecular formula is C29H28OPS+. The monoisotopic (exact) mass is 455 g/mol. The van der Waals surface area contributed by atoms with Gasteiger partial charge < -0.3 is 0 Å². The largest absolute Gasteiger partial charge is 0.282 e. The fraction of sp³-hybridized carbons (Fsp3) is 0.138. The molecule has 3 heteroatoms. The zero-order chi connectivity index (χ0) is 22.4. The lowest BCUT2D eigenvalue weighted by Crippen LogP contribution is -2.48. The topological polar surface area (TPSA) is 17.1 Å². The van der Waals surface area contributed by atoms with Crippen LogP contribution in [-0.2, 0) is 10.5 Å². The van der Waals surface area contributed by atoms with Gasteiger partial charge in [0.1, 0.15) is 23.2 Å². The molecule has 4 aromatic carbocycles. The number of carbonyl (C=O) groups excluding carboxylic acids is 1. The van der Waals surface area contributed by atoms with Gasteiger partial charge in [-0.15, -0.1) is 0 Å². The molecule has 0 heterocycles. The van der Waals surface area contributed by atoms with Crippen molar-refractivity contribution in [1.29, 1.82) is 0 Å². The lowest BCUT2D eigenvalue weighted by molar-refractivity contribution is -0.112. The smallest absolute Gasteiger partial charge is 0.233 e. The normalized spacial score (nSPS) is 11.8. The zero-order valence-electron chi connectivity index (χ0n) is 18.5. The Kier molecular flexibility index (Phi) is 6.94. The van der Waals surface area contributed by atoms with Crippen molar-refractivity contribution in [3.63, 3.8) is 0 Å². The second-order valence-electron chi connectivity index (χ2n) is 8.30. The van der Waals surface area contributed by atoms with Gasteiger partial charge in [-0.25, -0.2) is 0 Å². The van der Waals surface area contributed by atoms with Crippen molar-refractivity contribution in [2.24, 2.45) is 0 Å². The van der Waals surface area contributed by atoms with E-state index in [9.17, 15) is 4.79 Å². The predicted octanol–water partition coefficient (Wildman–Crippen LogP) is 6.22. The van der Waals surface area contributed by atoms with Gasteiger partial charge in [0.05, 0.1) is 0 Å². The molecule has 0 atom stereocenters. The first-order valence-electron chi connectivity index (χ1n) is 10.8. The Hall–Kier alpha value is -2.67. The number of rotatable bonds is 7. The van der Waals surface area contributed by atoms with Crippen LogP contribution in [0.3, 0.4) is 0 Å². The Bertz CT molecular complexity index is 1050. The van der Waals surface area contributed by atoms with Crippen LogP contribution in [0.5, 0.6) is 0 Å². The summed E-state index contributed by atoms with van der Waals surface area (Å²) in [6, 6.07) is 42.1. The number of hydrogen-bond acceptors (Lipinski definition) is 2. The van der Waals surface area contributed by atoms with Crippen molar-refractivity contribution in [1.82, 2.24) is 0 Å². The maximum Gasteiger partial charge on any atom is 0.233 e. The average molecular weight is 456 g/mol. The zero-order valence-corrected chi connectivity index (χ0v) is 20.2. The molecule has 160 valence electrons. The van der Waals surface area contributed by atoms with Gasteiger partial charge in [0.15, 0.2) is 5.16 Å². The third-order valence-electron chi connectivity index (χ3n) is 5.98. The summed E-state index contributed by atoms with van der Waals surface area (Å²) < 4.78 is 0. The molecule has 0 aromatic heterocycles. The second kappa shape index (κ2) is 9.86. The van der Waals surface area contributed by atoms with E-state index in [1.54, 1.807) is 0 Å². The van der Waals surface area contributed by atoms with Crippen LogP contribution >= 0.6 is 19.0 Å². The average Bonchev–Trinajstić information content (AvgIpc) is 2.85. The van der Waals surface area contributed by atoms with Crippen molar-refractivity contribution in [3.8, 4) is 0 Å². The molecule has 0 N–H and O–H groups in total. The molecule has 0 unspecified atom stereocenters. The minimum absolute atomic E-state index is 0.228. The fourth-order valence-electron chi connectivity index (χ4n) is 4.41. The summed E-state index contributed by atoms with van der Waals surface area (Å²) in [5.74, 6) is 0.682. The first-order valence-corrected chi connectivity index (χ1v) is 13.6. The lowest BCUT2D eigenvalue weighted by atomic mass is 10.2. The van der Waals surface area contributed by atoms with Gasteiger partial charge in [-0.05, 0) is 55.8 Å². The molecule has 32 heavy (non-hydrogen) atoms. The highest BCUT2D eigenvalue weighted by atomic mass is 32.2. The summed E-state index contributed by atoms with van der Waals surface area (Å²) in [7, 11) is -2.30. The molecule has 0 aliphatic heterocycles. The number of thioether (sulfide) groups is 1. The Morgan fingerprint density at radius 3 is 1.34 bits per heavy atom. The van der Waals surface area contributed by atoms with Crippen LogP contribution in [0.2, 0.25) is 0 Å². The predicted molar refractivity (Wildman–Crippen MR) is 142 cm³/mol. The van der Waals surface area contributed by atoms with Gasteiger partial charge in [-0.3, -0.25) is 4.79 Å². The molecule has 0 spiro atoms. The van der Waals surface area contributed by atoms with Crippen LogP contribution < -0.4 is 15.9 Å². The second-order valence-corrected chi connectivity index (χ2v) is 13.3. The van der Waals surface area contributed by atoms with Gasteiger partial charge in [0.25, 0.3) is 0 Å². The van der Waals surface area contributed by atoms with Gasteiger partial charge >= 0.3 is 0 Å². The van der Waals surface area contributed by atoms with E-state index in [1.165, 1.54) is 33.2 Å². The highest BCUT2D eigenvalue weighted by molar-refractivity contribution is 8.15. The van der Waals surface area contributed by atoms with Crippen molar-refractivity contribution >= 4 is 40.1 Å². The Balaban J connectivity index is 1.89. The van der Waals surface area contributed by atoms with E-state index in [-0.39, 0.29) is 5.12 Å². The third-order valence-corrected chi connectivity index (χ3v) is 12.5. The molecule has 0 saturated heterocycles. The molecule has 0 aliphatic carbocycles. The SMILES string of the molecule is CC(C)(C(=O)SCc1ccccc1)[P+](c1ccccc1)(c1ccccc1)c1ccccc1. The fourth-order valence-corrected chi connectivity index (χ4v) is 10.8. The first-order chi connectivity index (χ1) is 15.6. The van der Waals surface area contributed by atoms with Crippen LogP contribution in [0.25, 0.3) is 0 Å². The van der Waals surface area contributed by atoms with Gasteiger partial charge in [-0.1, -0.05) is 96.7 Å². The van der Waals surface area contributed by atoms with E-state index in [0.29, 0.717) is 5.75 Å². The lowest BCUT2D eigenvalue weighted by Gasteiger charge is -2.39. The standard InChI is InChI=1S/C29H28OPS/c1-29(2,28(30)32-23-24-15-7-3-8-16-24)31(25-17-9-4-10-18-25,26-19-11-5-12-20-26)27-21-13-6-14-22-27/h3-22H,23H2,1-2H3/q+1. The van der Waals surface area contributed by atoms with Crippen molar-refractivity contribution in [3.05, 3.63) is 127 Å². The number of carbonyl (C=O) groups is 1. The summed E-state index contributed by atoms with van der Waals surface area (Å²) in [5, 5.41) is 3.32. The maximum atomic E-state index is 14.0. The summed E-state index contributed by atoms with van der Waals surface area (Å²) in [5.41, 5.74) is 1.17. The molecule has 4 rings (SSSR count). The van der Waals surface area contributed by atoms with E-state index in [2.05, 4.69) is 98.8 Å². The Morgan fingerprint density at radius 1 is 0.625 bits per heavy atom. The van der Waals surface area contributed by atoms with E-state index in [1.807, 2.05) is 36.4 Å². The van der Waals surface area contributed by atoms with E-state index in [0.717, 1.165) is 0 Å². The molecule has 1 nitrogen and oxygen atoms in total. The van der Waals surface area contributed by atoms with Crippen LogP contribution in [0.1, 0.15) is 19.4 Å². The van der Waals surface area contributed by atoms with Crippen LogP contribution in [0.4, 0.5) is 0 Å². The van der Waals surface area contributed by atoms with Crippen molar-refractivity contribution in [2.75, 3.05) is 0 Å². The Labute approximate surface area is 196 Å². The Morgan fingerprint density at radius 2 is 0.969 bits per heavy atom. The summed E-state index contributed by atoms with van der Waals surface area (Å²) in [4.78, 5) is 14.0. The molecule has 0 saturated carbocycles. The third kappa shape index (κ3) is 4.18. The minimum Gasteiger partial charge on any atom is -0.282 e. The van der Waals surface area contributed by atoms with E-state index >= 15 is 0 Å². The maximum absolute atomic E-state index is 14.0. The van der Waals surface area contributed by atoms with Crippen molar-refractivity contribution in [2.45, 2.75) is 24.8 Å².